The van der Waals surface area contributed by atoms with Crippen LogP contribution in [0.15, 0.2) is 29.4 Å². The predicted octanol–water partition coefficient (Wildman–Crippen LogP) is 2.86. The molecule has 0 spiro atoms. The van der Waals surface area contributed by atoms with Gasteiger partial charge in [-0.15, -0.1) is 0 Å². The summed E-state index contributed by atoms with van der Waals surface area (Å²) in [7, 11) is 0. The topological polar surface area (TPSA) is 80.7 Å². The summed E-state index contributed by atoms with van der Waals surface area (Å²) in [4.78, 5) is 4.17. The first-order valence-electron chi connectivity index (χ1n) is 6.02. The van der Waals surface area contributed by atoms with Gasteiger partial charge in [-0.25, -0.2) is 4.39 Å². The van der Waals surface area contributed by atoms with Crippen molar-refractivity contribution in [2.45, 2.75) is 13.8 Å². The maximum atomic E-state index is 13.7. The number of rotatable bonds is 3. The highest BCUT2D eigenvalue weighted by Gasteiger charge is 2.17. The van der Waals surface area contributed by atoms with Gasteiger partial charge in [0.1, 0.15) is 5.75 Å². The SMILES string of the molecule is Cc1cc(Oc2cccc(F)c2F)c(/C(N)=N/O)c(C)n1. The Labute approximate surface area is 119 Å². The van der Waals surface area contributed by atoms with Crippen LogP contribution in [0.5, 0.6) is 11.5 Å². The Morgan fingerprint density at radius 2 is 2.00 bits per heavy atom. The fourth-order valence-electron chi connectivity index (χ4n) is 1.92. The number of hydrogen-bond acceptors (Lipinski definition) is 4. The number of aryl methyl sites for hydroxylation is 2. The van der Waals surface area contributed by atoms with Gasteiger partial charge in [-0.2, -0.15) is 4.39 Å². The minimum absolute atomic E-state index is 0.125. The van der Waals surface area contributed by atoms with Crippen LogP contribution < -0.4 is 10.5 Å². The van der Waals surface area contributed by atoms with Crippen molar-refractivity contribution in [3.8, 4) is 11.5 Å². The van der Waals surface area contributed by atoms with Crippen molar-refractivity contribution in [3.63, 3.8) is 0 Å². The molecule has 2 rings (SSSR count). The van der Waals surface area contributed by atoms with Gasteiger partial charge in [0, 0.05) is 11.8 Å². The zero-order chi connectivity index (χ0) is 15.6. The van der Waals surface area contributed by atoms with E-state index in [2.05, 4.69) is 10.1 Å². The monoisotopic (exact) mass is 293 g/mol. The second kappa shape index (κ2) is 5.74. The van der Waals surface area contributed by atoms with E-state index in [-0.39, 0.29) is 22.9 Å². The number of halogens is 2. The Morgan fingerprint density at radius 3 is 2.67 bits per heavy atom. The zero-order valence-electron chi connectivity index (χ0n) is 11.4. The quantitative estimate of drug-likeness (QED) is 0.394. The molecule has 21 heavy (non-hydrogen) atoms. The van der Waals surface area contributed by atoms with Crippen LogP contribution in [0.2, 0.25) is 0 Å². The molecule has 0 amide bonds. The summed E-state index contributed by atoms with van der Waals surface area (Å²) in [6, 6.07) is 5.07. The van der Waals surface area contributed by atoms with Crippen molar-refractivity contribution >= 4 is 5.84 Å². The molecule has 2 aromatic rings. The predicted molar refractivity (Wildman–Crippen MR) is 72.7 cm³/mol. The number of amidine groups is 1. The van der Waals surface area contributed by atoms with Crippen LogP contribution in [0.25, 0.3) is 0 Å². The summed E-state index contributed by atoms with van der Waals surface area (Å²) >= 11 is 0. The van der Waals surface area contributed by atoms with E-state index in [1.807, 2.05) is 0 Å². The molecule has 0 atom stereocenters. The summed E-state index contributed by atoms with van der Waals surface area (Å²) in [6.45, 7) is 3.34. The standard InChI is InChI=1S/C14H13F2N3O2/c1-7-6-11(12(8(2)18-7)14(17)19-20)21-10-5-3-4-9(15)13(10)16/h3-6,20H,1-2H3,(H2,17,19). The first-order chi connectivity index (χ1) is 9.93. The van der Waals surface area contributed by atoms with Crippen molar-refractivity contribution in [1.82, 2.24) is 4.98 Å². The Hall–Kier alpha value is -2.70. The average molecular weight is 293 g/mol. The van der Waals surface area contributed by atoms with E-state index in [4.69, 9.17) is 15.7 Å². The van der Waals surface area contributed by atoms with Crippen LogP contribution in [0.4, 0.5) is 8.78 Å². The molecule has 0 aliphatic heterocycles. The summed E-state index contributed by atoms with van der Waals surface area (Å²) in [5.41, 5.74) is 6.83. The van der Waals surface area contributed by atoms with E-state index in [1.165, 1.54) is 18.2 Å². The summed E-state index contributed by atoms with van der Waals surface area (Å²) in [6.07, 6.45) is 0. The van der Waals surface area contributed by atoms with Crippen LogP contribution in [0, 0.1) is 25.5 Å². The third-order valence-corrected chi connectivity index (χ3v) is 2.79. The highest BCUT2D eigenvalue weighted by molar-refractivity contribution is 6.00. The van der Waals surface area contributed by atoms with E-state index in [0.29, 0.717) is 11.4 Å². The minimum atomic E-state index is -1.12. The maximum absolute atomic E-state index is 13.7. The van der Waals surface area contributed by atoms with E-state index in [9.17, 15) is 8.78 Å². The molecule has 1 heterocycles. The molecule has 0 saturated heterocycles. The summed E-state index contributed by atoms with van der Waals surface area (Å²) in [5, 5.41) is 11.7. The second-order valence-electron chi connectivity index (χ2n) is 4.36. The van der Waals surface area contributed by atoms with Gasteiger partial charge >= 0.3 is 0 Å². The van der Waals surface area contributed by atoms with Crippen molar-refractivity contribution in [2.24, 2.45) is 10.9 Å². The number of aromatic nitrogens is 1. The van der Waals surface area contributed by atoms with Crippen molar-refractivity contribution < 1.29 is 18.7 Å². The molecule has 3 N–H and O–H groups in total. The fraction of sp³-hybridized carbons (Fsp3) is 0.143. The molecule has 0 fully saturated rings. The Morgan fingerprint density at radius 1 is 1.29 bits per heavy atom. The molecule has 0 radical (unpaired) electrons. The third-order valence-electron chi connectivity index (χ3n) is 2.79. The lowest BCUT2D eigenvalue weighted by Crippen LogP contribution is -2.17. The zero-order valence-corrected chi connectivity index (χ0v) is 11.4. The van der Waals surface area contributed by atoms with Gasteiger partial charge < -0.3 is 15.7 Å². The van der Waals surface area contributed by atoms with Crippen LogP contribution in [0.1, 0.15) is 17.0 Å². The van der Waals surface area contributed by atoms with E-state index in [0.717, 1.165) is 6.07 Å². The molecule has 0 aliphatic carbocycles. The Bertz CT molecular complexity index is 718. The van der Waals surface area contributed by atoms with Gasteiger partial charge in [0.25, 0.3) is 0 Å². The molecular formula is C14H13F2N3O2. The summed E-state index contributed by atoms with van der Waals surface area (Å²) in [5.74, 6) is -2.55. The number of benzene rings is 1. The molecule has 1 aromatic carbocycles. The number of pyridine rings is 1. The van der Waals surface area contributed by atoms with Gasteiger partial charge in [-0.3, -0.25) is 4.98 Å². The van der Waals surface area contributed by atoms with E-state index in [1.54, 1.807) is 13.8 Å². The number of ether oxygens (including phenoxy) is 1. The lowest BCUT2D eigenvalue weighted by Gasteiger charge is -2.13. The first kappa shape index (κ1) is 14.7. The van der Waals surface area contributed by atoms with Crippen LogP contribution >= 0.6 is 0 Å². The number of hydrogen-bond donors (Lipinski definition) is 2. The minimum Gasteiger partial charge on any atom is -0.453 e. The molecule has 0 bridgehead atoms. The second-order valence-corrected chi connectivity index (χ2v) is 4.36. The molecule has 0 saturated carbocycles. The van der Waals surface area contributed by atoms with Gasteiger partial charge in [-0.05, 0) is 26.0 Å². The third kappa shape index (κ3) is 2.91. The number of oxime groups is 1. The normalized spacial score (nSPS) is 11.5. The van der Waals surface area contributed by atoms with Gasteiger partial charge in [0.05, 0.1) is 11.3 Å². The fourth-order valence-corrected chi connectivity index (χ4v) is 1.92. The molecule has 0 aliphatic rings. The maximum Gasteiger partial charge on any atom is 0.201 e. The summed E-state index contributed by atoms with van der Waals surface area (Å²) < 4.78 is 32.3. The van der Waals surface area contributed by atoms with Gasteiger partial charge in [0.2, 0.25) is 5.82 Å². The van der Waals surface area contributed by atoms with Crippen LogP contribution in [-0.4, -0.2) is 16.0 Å². The number of nitrogens with zero attached hydrogens (tertiary/aromatic N) is 2. The molecule has 1 aromatic heterocycles. The highest BCUT2D eigenvalue weighted by Crippen LogP contribution is 2.30. The lowest BCUT2D eigenvalue weighted by atomic mass is 10.1. The number of nitrogens with two attached hydrogens (primary N) is 1. The Balaban J connectivity index is 2.56. The molecule has 7 heteroatoms. The van der Waals surface area contributed by atoms with Crippen LogP contribution in [-0.2, 0) is 0 Å². The molecule has 110 valence electrons. The smallest absolute Gasteiger partial charge is 0.201 e. The van der Waals surface area contributed by atoms with Crippen LogP contribution in [0.3, 0.4) is 0 Å². The van der Waals surface area contributed by atoms with Gasteiger partial charge in [-0.1, -0.05) is 11.2 Å². The lowest BCUT2D eigenvalue weighted by molar-refractivity contribution is 0.318. The van der Waals surface area contributed by atoms with E-state index >= 15 is 0 Å². The molecular weight excluding hydrogens is 280 g/mol. The Kier molecular flexibility index (Phi) is 4.02. The van der Waals surface area contributed by atoms with Gasteiger partial charge in [0.15, 0.2) is 17.4 Å². The van der Waals surface area contributed by atoms with E-state index < -0.39 is 11.6 Å². The van der Waals surface area contributed by atoms with Crippen molar-refractivity contribution in [1.29, 1.82) is 0 Å². The average Bonchev–Trinajstić information content (AvgIpc) is 2.42. The molecule has 0 unspecified atom stereocenters. The molecule has 5 nitrogen and oxygen atoms in total. The highest BCUT2D eigenvalue weighted by atomic mass is 19.2. The van der Waals surface area contributed by atoms with Crippen molar-refractivity contribution in [3.05, 3.63) is 52.9 Å². The van der Waals surface area contributed by atoms with Crippen molar-refractivity contribution in [2.75, 3.05) is 0 Å². The first-order valence-corrected chi connectivity index (χ1v) is 6.02. The largest absolute Gasteiger partial charge is 0.453 e.